The SMILES string of the molecule is CNC(c1ccc(CC(C)C)cc1)c1ccc(C)cc1Cl. The van der Waals surface area contributed by atoms with Crippen LogP contribution in [0.5, 0.6) is 0 Å². The summed E-state index contributed by atoms with van der Waals surface area (Å²) in [4.78, 5) is 0. The van der Waals surface area contributed by atoms with Crippen molar-refractivity contribution in [1.82, 2.24) is 5.32 Å². The standard InChI is InChI=1S/C19H24ClN/c1-13(2)11-15-6-8-16(9-7-15)19(21-4)17-10-5-14(3)12-18(17)20/h5-10,12-13,19,21H,11H2,1-4H3. The zero-order valence-electron chi connectivity index (χ0n) is 13.3. The third kappa shape index (κ3) is 4.09. The largest absolute Gasteiger partial charge is 0.309 e. The first kappa shape index (κ1) is 16.1. The fourth-order valence-electron chi connectivity index (χ4n) is 2.69. The molecule has 0 bridgehead atoms. The van der Waals surface area contributed by atoms with Crippen LogP contribution in [0.25, 0.3) is 0 Å². The maximum absolute atomic E-state index is 6.41. The average Bonchev–Trinajstić information content (AvgIpc) is 2.43. The van der Waals surface area contributed by atoms with Gasteiger partial charge in [-0.2, -0.15) is 0 Å². The van der Waals surface area contributed by atoms with Crippen LogP contribution in [0, 0.1) is 12.8 Å². The molecular formula is C19H24ClN. The third-order valence-corrected chi connectivity index (χ3v) is 4.04. The van der Waals surface area contributed by atoms with E-state index in [-0.39, 0.29) is 6.04 Å². The minimum Gasteiger partial charge on any atom is -0.309 e. The van der Waals surface area contributed by atoms with Gasteiger partial charge in [-0.1, -0.05) is 61.8 Å². The van der Waals surface area contributed by atoms with E-state index in [1.54, 1.807) is 0 Å². The number of hydrogen-bond donors (Lipinski definition) is 1. The van der Waals surface area contributed by atoms with Gasteiger partial charge in [0, 0.05) is 5.02 Å². The van der Waals surface area contributed by atoms with Crippen molar-refractivity contribution in [3.8, 4) is 0 Å². The van der Waals surface area contributed by atoms with Gasteiger partial charge >= 0.3 is 0 Å². The van der Waals surface area contributed by atoms with Crippen LogP contribution in [0.3, 0.4) is 0 Å². The second kappa shape index (κ2) is 7.11. The van der Waals surface area contributed by atoms with Gasteiger partial charge in [-0.3, -0.25) is 0 Å². The van der Waals surface area contributed by atoms with Crippen LogP contribution in [0.4, 0.5) is 0 Å². The Morgan fingerprint density at radius 3 is 2.24 bits per heavy atom. The van der Waals surface area contributed by atoms with Gasteiger partial charge in [0.15, 0.2) is 0 Å². The van der Waals surface area contributed by atoms with Crippen LogP contribution in [0.1, 0.15) is 42.1 Å². The lowest BCUT2D eigenvalue weighted by Crippen LogP contribution is -2.18. The Kier molecular flexibility index (Phi) is 5.44. The zero-order valence-corrected chi connectivity index (χ0v) is 14.0. The molecule has 1 nitrogen and oxygen atoms in total. The highest BCUT2D eigenvalue weighted by atomic mass is 35.5. The Balaban J connectivity index is 2.28. The monoisotopic (exact) mass is 301 g/mol. The molecule has 0 radical (unpaired) electrons. The molecule has 112 valence electrons. The molecule has 0 saturated carbocycles. The lowest BCUT2D eigenvalue weighted by atomic mass is 9.95. The second-order valence-electron chi connectivity index (χ2n) is 6.09. The Bertz CT molecular complexity index is 587. The van der Waals surface area contributed by atoms with Gasteiger partial charge in [0.05, 0.1) is 6.04 Å². The number of rotatable bonds is 5. The predicted octanol–water partition coefficient (Wildman–Crippen LogP) is 5.16. The molecule has 0 aliphatic carbocycles. The first-order chi connectivity index (χ1) is 10.0. The van der Waals surface area contributed by atoms with Crippen molar-refractivity contribution in [2.75, 3.05) is 7.05 Å². The Labute approximate surface area is 133 Å². The summed E-state index contributed by atoms with van der Waals surface area (Å²) in [5, 5.41) is 4.19. The average molecular weight is 302 g/mol. The van der Waals surface area contributed by atoms with Crippen molar-refractivity contribution in [1.29, 1.82) is 0 Å². The Hall–Kier alpha value is -1.31. The van der Waals surface area contributed by atoms with Crippen LogP contribution in [-0.2, 0) is 6.42 Å². The van der Waals surface area contributed by atoms with E-state index in [9.17, 15) is 0 Å². The molecule has 1 atom stereocenters. The molecule has 2 aromatic rings. The highest BCUT2D eigenvalue weighted by molar-refractivity contribution is 6.31. The van der Waals surface area contributed by atoms with E-state index in [4.69, 9.17) is 11.6 Å². The molecule has 0 aromatic heterocycles. The lowest BCUT2D eigenvalue weighted by molar-refractivity contribution is 0.645. The van der Waals surface area contributed by atoms with Crippen LogP contribution in [0.15, 0.2) is 42.5 Å². The van der Waals surface area contributed by atoms with E-state index in [2.05, 4.69) is 62.5 Å². The second-order valence-corrected chi connectivity index (χ2v) is 6.49. The smallest absolute Gasteiger partial charge is 0.0589 e. The van der Waals surface area contributed by atoms with Gasteiger partial charge in [0.25, 0.3) is 0 Å². The van der Waals surface area contributed by atoms with Crippen LogP contribution in [0.2, 0.25) is 5.02 Å². The molecule has 0 saturated heterocycles. The number of hydrogen-bond acceptors (Lipinski definition) is 1. The van der Waals surface area contributed by atoms with Crippen LogP contribution < -0.4 is 5.32 Å². The molecule has 0 fully saturated rings. The van der Waals surface area contributed by atoms with Crippen molar-refractivity contribution in [2.24, 2.45) is 5.92 Å². The maximum Gasteiger partial charge on any atom is 0.0589 e. The first-order valence-electron chi connectivity index (χ1n) is 7.53. The normalized spacial score (nSPS) is 12.7. The highest BCUT2D eigenvalue weighted by Crippen LogP contribution is 2.29. The van der Waals surface area contributed by atoms with Gasteiger partial charge in [-0.25, -0.2) is 0 Å². The van der Waals surface area contributed by atoms with Crippen molar-refractivity contribution < 1.29 is 0 Å². The van der Waals surface area contributed by atoms with Gasteiger partial charge in [-0.05, 0) is 54.6 Å². The zero-order chi connectivity index (χ0) is 15.4. The molecule has 1 N–H and O–H groups in total. The number of halogens is 1. The fraction of sp³-hybridized carbons (Fsp3) is 0.368. The summed E-state index contributed by atoms with van der Waals surface area (Å²) in [5.74, 6) is 0.683. The van der Waals surface area contributed by atoms with E-state index in [1.165, 1.54) is 16.7 Å². The quantitative estimate of drug-likeness (QED) is 0.804. The highest BCUT2D eigenvalue weighted by Gasteiger charge is 2.15. The van der Waals surface area contributed by atoms with Crippen molar-refractivity contribution in [3.05, 3.63) is 69.7 Å². The van der Waals surface area contributed by atoms with Gasteiger partial charge < -0.3 is 5.32 Å². The van der Waals surface area contributed by atoms with Gasteiger partial charge in [0.2, 0.25) is 0 Å². The van der Waals surface area contributed by atoms with E-state index in [0.29, 0.717) is 5.92 Å². The summed E-state index contributed by atoms with van der Waals surface area (Å²) in [6.07, 6.45) is 1.12. The molecule has 2 aromatic carbocycles. The van der Waals surface area contributed by atoms with Crippen molar-refractivity contribution >= 4 is 11.6 Å². The Morgan fingerprint density at radius 2 is 1.71 bits per heavy atom. The molecular weight excluding hydrogens is 278 g/mol. The molecule has 2 rings (SSSR count). The van der Waals surface area contributed by atoms with Crippen molar-refractivity contribution in [3.63, 3.8) is 0 Å². The summed E-state index contributed by atoms with van der Waals surface area (Å²) in [7, 11) is 1.98. The summed E-state index contributed by atoms with van der Waals surface area (Å²) in [6.45, 7) is 6.55. The van der Waals surface area contributed by atoms with Gasteiger partial charge in [-0.15, -0.1) is 0 Å². The minimum atomic E-state index is 0.131. The molecule has 0 amide bonds. The van der Waals surface area contributed by atoms with Gasteiger partial charge in [0.1, 0.15) is 0 Å². The fourth-order valence-corrected chi connectivity index (χ4v) is 3.03. The first-order valence-corrected chi connectivity index (χ1v) is 7.91. The topological polar surface area (TPSA) is 12.0 Å². The summed E-state index contributed by atoms with van der Waals surface area (Å²) < 4.78 is 0. The summed E-state index contributed by atoms with van der Waals surface area (Å²) in [5.41, 5.74) is 4.95. The Morgan fingerprint density at radius 1 is 1.05 bits per heavy atom. The predicted molar refractivity (Wildman–Crippen MR) is 92.1 cm³/mol. The minimum absolute atomic E-state index is 0.131. The molecule has 0 aliphatic rings. The lowest BCUT2D eigenvalue weighted by Gasteiger charge is -2.19. The molecule has 0 aliphatic heterocycles. The van der Waals surface area contributed by atoms with Crippen molar-refractivity contribution in [2.45, 2.75) is 33.2 Å². The van der Waals surface area contributed by atoms with E-state index < -0.39 is 0 Å². The molecule has 21 heavy (non-hydrogen) atoms. The molecule has 1 unspecified atom stereocenters. The summed E-state index contributed by atoms with van der Waals surface area (Å²) >= 11 is 6.41. The van der Waals surface area contributed by atoms with E-state index >= 15 is 0 Å². The molecule has 2 heteroatoms. The summed E-state index contributed by atoms with van der Waals surface area (Å²) in [6, 6.07) is 15.2. The molecule has 0 spiro atoms. The van der Waals surface area contributed by atoms with Crippen LogP contribution in [-0.4, -0.2) is 7.05 Å². The van der Waals surface area contributed by atoms with Crippen LogP contribution >= 0.6 is 11.6 Å². The molecule has 0 heterocycles. The van der Waals surface area contributed by atoms with E-state index in [1.807, 2.05) is 13.1 Å². The third-order valence-electron chi connectivity index (χ3n) is 3.71. The number of benzene rings is 2. The number of aryl methyl sites for hydroxylation is 1. The van der Waals surface area contributed by atoms with E-state index in [0.717, 1.165) is 17.0 Å². The maximum atomic E-state index is 6.41. The number of nitrogens with one attached hydrogen (secondary N) is 1.